The molecule has 0 aliphatic carbocycles. The third kappa shape index (κ3) is 10.4. The van der Waals surface area contributed by atoms with Crippen molar-refractivity contribution < 1.29 is 47.2 Å². The second kappa shape index (κ2) is 18.3. The van der Waals surface area contributed by atoms with Crippen molar-refractivity contribution in [2.24, 2.45) is 5.92 Å². The number of benzene rings is 2. The maximum atomic E-state index is 13.4. The van der Waals surface area contributed by atoms with Gasteiger partial charge in [-0.05, 0) is 56.2 Å². The van der Waals surface area contributed by atoms with Crippen LogP contribution in [-0.4, -0.2) is 53.5 Å². The van der Waals surface area contributed by atoms with Crippen LogP contribution in [0.3, 0.4) is 0 Å². The zero-order valence-corrected chi connectivity index (χ0v) is 26.9. The van der Waals surface area contributed by atoms with Crippen LogP contribution in [0.25, 0.3) is 11.3 Å². The number of rotatable bonds is 19. The average Bonchev–Trinajstić information content (AvgIpc) is 3.54. The third-order valence-corrected chi connectivity index (χ3v) is 7.33. The molecular formula is C32H39N3O10P+. The Balaban J connectivity index is 1.67. The minimum Gasteiger partial charge on any atom is -0.494 e. The van der Waals surface area contributed by atoms with Gasteiger partial charge in [0, 0.05) is 16.2 Å². The monoisotopic (exact) mass is 656 g/mol. The minimum atomic E-state index is -2.91. The van der Waals surface area contributed by atoms with E-state index >= 15 is 0 Å². The number of hydrogen-bond donors (Lipinski definition) is 3. The van der Waals surface area contributed by atoms with Crippen LogP contribution >= 0.6 is 8.25 Å². The van der Waals surface area contributed by atoms with E-state index in [0.717, 1.165) is 17.9 Å². The predicted molar refractivity (Wildman–Crippen MR) is 168 cm³/mol. The maximum Gasteiger partial charge on any atom is 0.747 e. The van der Waals surface area contributed by atoms with Crippen molar-refractivity contribution >= 4 is 32.4 Å². The van der Waals surface area contributed by atoms with Crippen molar-refractivity contribution in [2.45, 2.75) is 58.9 Å². The van der Waals surface area contributed by atoms with Gasteiger partial charge in [0.1, 0.15) is 11.5 Å². The summed E-state index contributed by atoms with van der Waals surface area (Å²) in [6.45, 7) is 5.71. The van der Waals surface area contributed by atoms with Crippen LogP contribution < -0.4 is 19.9 Å². The van der Waals surface area contributed by atoms with Crippen LogP contribution in [0, 0.1) is 5.92 Å². The number of carbonyl (C=O) groups excluding carboxylic acids is 4. The molecule has 3 rings (SSSR count). The standard InChI is InChI=1S/C32H38N3O10P/c1-4-7-9-14-26(27(5-2)35(21-36)44-32(39)22-12-10-8-11-13-22)30(37)33-20-34-31(38)29-16-15-28(43-29)23-17-24(42-6-3)19-25(18-23)45-46(40)41/h8,10-13,15-19,21,26-27H,4-7,9,14,20H2,1-3H3,(H2-,33,34,37,38,40,41)/p+1. The highest BCUT2D eigenvalue weighted by Crippen LogP contribution is 2.34. The van der Waals surface area contributed by atoms with Crippen LogP contribution in [0.2, 0.25) is 0 Å². The number of carbonyl (C=O) groups is 4. The number of hydrogen-bond acceptors (Lipinski definition) is 9. The SMILES string of the molecule is CCCCCC(C(=O)NCNC(=O)c1ccc(-c2cc(OCC)cc(O[P+](=O)O)c2)o1)C(CC)N(C=O)OC(=O)c1ccccc1. The molecular weight excluding hydrogens is 617 g/mol. The molecule has 0 saturated heterocycles. The number of hydroxylamine groups is 2. The summed E-state index contributed by atoms with van der Waals surface area (Å²) in [4.78, 5) is 65.4. The molecule has 0 aliphatic heterocycles. The average molecular weight is 657 g/mol. The Morgan fingerprint density at radius 1 is 1.00 bits per heavy atom. The Hall–Kier alpha value is -4.74. The van der Waals surface area contributed by atoms with E-state index in [1.54, 1.807) is 56.3 Å². The van der Waals surface area contributed by atoms with E-state index in [0.29, 0.717) is 43.6 Å². The molecule has 0 fully saturated rings. The Kier molecular flexibility index (Phi) is 14.2. The highest BCUT2D eigenvalue weighted by molar-refractivity contribution is 7.32. The molecule has 1 heterocycles. The highest BCUT2D eigenvalue weighted by Gasteiger charge is 2.33. The van der Waals surface area contributed by atoms with Gasteiger partial charge in [0.2, 0.25) is 12.3 Å². The van der Waals surface area contributed by atoms with Crippen LogP contribution in [0.4, 0.5) is 0 Å². The fraction of sp³-hybridized carbons (Fsp3) is 0.375. The molecule has 14 heteroatoms. The summed E-state index contributed by atoms with van der Waals surface area (Å²) in [5.74, 6) is -1.80. The fourth-order valence-corrected chi connectivity index (χ4v) is 5.08. The molecule has 13 nitrogen and oxygen atoms in total. The van der Waals surface area contributed by atoms with Gasteiger partial charge in [0.25, 0.3) is 5.91 Å². The largest absolute Gasteiger partial charge is 0.747 e. The molecule has 3 unspecified atom stereocenters. The topological polar surface area (TPSA) is 174 Å². The van der Waals surface area contributed by atoms with Gasteiger partial charge in [-0.1, -0.05) is 51.3 Å². The lowest BCUT2D eigenvalue weighted by Crippen LogP contribution is -2.49. The Bertz CT molecular complexity index is 1480. The molecule has 3 aromatic rings. The van der Waals surface area contributed by atoms with Crippen molar-refractivity contribution in [2.75, 3.05) is 13.3 Å². The molecule has 1 aromatic heterocycles. The fourth-order valence-electron chi connectivity index (χ4n) is 4.80. The molecule has 246 valence electrons. The summed E-state index contributed by atoms with van der Waals surface area (Å²) >= 11 is 0. The molecule has 0 spiro atoms. The lowest BCUT2D eigenvalue weighted by molar-refractivity contribution is -0.171. The molecule has 0 aliphatic rings. The van der Waals surface area contributed by atoms with Gasteiger partial charge >= 0.3 is 14.2 Å². The van der Waals surface area contributed by atoms with Crippen LogP contribution in [0.15, 0.2) is 65.1 Å². The van der Waals surface area contributed by atoms with Gasteiger partial charge in [-0.2, -0.15) is 5.06 Å². The second-order valence-electron chi connectivity index (χ2n) is 10.1. The van der Waals surface area contributed by atoms with E-state index in [9.17, 15) is 23.7 Å². The highest BCUT2D eigenvalue weighted by atomic mass is 31.1. The van der Waals surface area contributed by atoms with E-state index in [1.807, 2.05) is 6.92 Å². The van der Waals surface area contributed by atoms with Crippen molar-refractivity contribution in [3.63, 3.8) is 0 Å². The van der Waals surface area contributed by atoms with Crippen molar-refractivity contribution in [1.29, 1.82) is 0 Å². The Labute approximate surface area is 268 Å². The molecule has 3 N–H and O–H groups in total. The first-order chi connectivity index (χ1) is 22.2. The van der Waals surface area contributed by atoms with Crippen LogP contribution in [0.1, 0.15) is 73.8 Å². The Morgan fingerprint density at radius 2 is 1.74 bits per heavy atom. The quantitative estimate of drug-likeness (QED) is 0.0500. The van der Waals surface area contributed by atoms with E-state index in [1.165, 1.54) is 18.2 Å². The summed E-state index contributed by atoms with van der Waals surface area (Å²) in [6.07, 6.45) is 3.64. The smallest absolute Gasteiger partial charge is 0.494 e. The van der Waals surface area contributed by atoms with Gasteiger partial charge in [0.05, 0.1) is 30.8 Å². The van der Waals surface area contributed by atoms with E-state index in [-0.39, 0.29) is 29.5 Å². The van der Waals surface area contributed by atoms with Gasteiger partial charge < -0.3 is 24.6 Å². The van der Waals surface area contributed by atoms with Gasteiger partial charge in [-0.25, -0.2) is 9.32 Å². The van der Waals surface area contributed by atoms with Gasteiger partial charge in [-0.3, -0.25) is 14.4 Å². The zero-order chi connectivity index (χ0) is 33.5. The predicted octanol–water partition coefficient (Wildman–Crippen LogP) is 5.38. The summed E-state index contributed by atoms with van der Waals surface area (Å²) < 4.78 is 27.3. The lowest BCUT2D eigenvalue weighted by Gasteiger charge is -2.31. The minimum absolute atomic E-state index is 0.0485. The third-order valence-electron chi connectivity index (χ3n) is 6.97. The number of furan rings is 1. The van der Waals surface area contributed by atoms with E-state index in [2.05, 4.69) is 10.6 Å². The zero-order valence-electron chi connectivity index (χ0n) is 26.0. The first kappa shape index (κ1) is 35.7. The molecule has 3 amide bonds. The summed E-state index contributed by atoms with van der Waals surface area (Å²) in [6, 6.07) is 15.0. The molecule has 0 saturated carbocycles. The first-order valence-corrected chi connectivity index (χ1v) is 16.1. The molecule has 0 bridgehead atoms. The first-order valence-electron chi connectivity index (χ1n) is 15.0. The molecule has 2 aromatic carbocycles. The van der Waals surface area contributed by atoms with Crippen molar-refractivity contribution in [1.82, 2.24) is 15.7 Å². The van der Waals surface area contributed by atoms with Crippen LogP contribution in [0.5, 0.6) is 11.5 Å². The number of unbranched alkanes of at least 4 members (excludes halogenated alkanes) is 2. The van der Waals surface area contributed by atoms with E-state index in [4.69, 9.17) is 23.4 Å². The summed E-state index contributed by atoms with van der Waals surface area (Å²) in [5, 5.41) is 6.17. The number of nitrogens with one attached hydrogen (secondary N) is 2. The van der Waals surface area contributed by atoms with Gasteiger partial charge in [-0.15, -0.1) is 4.89 Å². The van der Waals surface area contributed by atoms with E-state index < -0.39 is 38.0 Å². The van der Waals surface area contributed by atoms with Crippen molar-refractivity contribution in [3.8, 4) is 22.8 Å². The van der Waals surface area contributed by atoms with Crippen molar-refractivity contribution in [3.05, 3.63) is 72.0 Å². The van der Waals surface area contributed by atoms with Crippen LogP contribution in [-0.2, 0) is 19.0 Å². The lowest BCUT2D eigenvalue weighted by atomic mass is 9.90. The summed E-state index contributed by atoms with van der Waals surface area (Å²) in [5.41, 5.74) is 0.705. The maximum absolute atomic E-state index is 13.4. The number of amides is 3. The normalized spacial score (nSPS) is 12.3. The van der Waals surface area contributed by atoms with Gasteiger partial charge in [0.15, 0.2) is 11.5 Å². The molecule has 46 heavy (non-hydrogen) atoms. The number of ether oxygens (including phenoxy) is 1. The molecule has 0 radical (unpaired) electrons. The second-order valence-corrected chi connectivity index (χ2v) is 10.8. The summed E-state index contributed by atoms with van der Waals surface area (Å²) in [7, 11) is -2.91. The number of nitrogens with zero attached hydrogens (tertiary/aromatic N) is 1. The Morgan fingerprint density at radius 3 is 2.39 bits per heavy atom. The molecule has 3 atom stereocenters.